The van der Waals surface area contributed by atoms with Crippen molar-refractivity contribution in [3.8, 4) is 16.9 Å². The van der Waals surface area contributed by atoms with Crippen LogP contribution >= 0.6 is 0 Å². The third-order valence-corrected chi connectivity index (χ3v) is 5.82. The predicted molar refractivity (Wildman–Crippen MR) is 118 cm³/mol. The number of pyridine rings is 1. The van der Waals surface area contributed by atoms with E-state index >= 15 is 8.78 Å². The first-order valence-corrected chi connectivity index (χ1v) is 10.7. The molecule has 11 heteroatoms. The van der Waals surface area contributed by atoms with E-state index in [0.717, 1.165) is 5.56 Å². The minimum atomic E-state index is -0.771. The Hall–Kier alpha value is -3.86. The zero-order valence-electron chi connectivity index (χ0n) is 18.6. The molecule has 1 fully saturated rings. The number of aryl methyl sites for hydroxylation is 1. The molecule has 1 amide bonds. The maximum Gasteiger partial charge on any atom is 0.409 e. The van der Waals surface area contributed by atoms with Gasteiger partial charge in [-0.3, -0.25) is 0 Å². The van der Waals surface area contributed by atoms with E-state index in [9.17, 15) is 4.79 Å². The quantitative estimate of drug-likeness (QED) is 0.457. The van der Waals surface area contributed by atoms with E-state index in [1.165, 1.54) is 36.6 Å². The SMILES string of the molecule is COC(=O)N1CCOC(Cc2c(-c3c(F)cc(-n4cncn4)cc3F)nc3cc(C)ccn23)C1. The lowest BCUT2D eigenvalue weighted by Gasteiger charge is -2.32. The highest BCUT2D eigenvalue weighted by Gasteiger charge is 2.29. The van der Waals surface area contributed by atoms with Gasteiger partial charge in [0.2, 0.25) is 0 Å². The van der Waals surface area contributed by atoms with Gasteiger partial charge in [-0.2, -0.15) is 5.10 Å². The van der Waals surface area contributed by atoms with Gasteiger partial charge in [-0.25, -0.2) is 28.2 Å². The summed E-state index contributed by atoms with van der Waals surface area (Å²) in [5.41, 5.74) is 2.26. The van der Waals surface area contributed by atoms with E-state index in [1.807, 2.05) is 25.3 Å². The maximum absolute atomic E-state index is 15.3. The third kappa shape index (κ3) is 3.98. The summed E-state index contributed by atoms with van der Waals surface area (Å²) in [6.07, 6.45) is 3.92. The van der Waals surface area contributed by atoms with Gasteiger partial charge >= 0.3 is 6.09 Å². The molecule has 0 radical (unpaired) electrons. The second-order valence-electron chi connectivity index (χ2n) is 8.08. The van der Waals surface area contributed by atoms with Crippen molar-refractivity contribution in [1.82, 2.24) is 29.0 Å². The molecule has 34 heavy (non-hydrogen) atoms. The smallest absolute Gasteiger partial charge is 0.409 e. The zero-order valence-corrected chi connectivity index (χ0v) is 18.6. The van der Waals surface area contributed by atoms with E-state index < -0.39 is 23.8 Å². The highest BCUT2D eigenvalue weighted by atomic mass is 19.1. The molecule has 0 bridgehead atoms. The van der Waals surface area contributed by atoms with Crippen LogP contribution in [0.2, 0.25) is 0 Å². The molecule has 176 valence electrons. The molecule has 1 saturated heterocycles. The lowest BCUT2D eigenvalue weighted by atomic mass is 10.0. The van der Waals surface area contributed by atoms with Crippen molar-refractivity contribution in [2.75, 3.05) is 26.8 Å². The van der Waals surface area contributed by atoms with Crippen molar-refractivity contribution in [2.24, 2.45) is 0 Å². The number of hydrogen-bond donors (Lipinski definition) is 0. The molecule has 1 aliphatic rings. The number of benzene rings is 1. The number of fused-ring (bicyclic) bond motifs is 1. The molecule has 1 aromatic carbocycles. The molecule has 4 heterocycles. The predicted octanol–water partition coefficient (Wildman–Crippen LogP) is 3.18. The Bertz CT molecular complexity index is 1330. The highest BCUT2D eigenvalue weighted by Crippen LogP contribution is 2.32. The summed E-state index contributed by atoms with van der Waals surface area (Å²) in [4.78, 5) is 21.9. The first-order valence-electron chi connectivity index (χ1n) is 10.7. The zero-order chi connectivity index (χ0) is 23.8. The summed E-state index contributed by atoms with van der Waals surface area (Å²) >= 11 is 0. The van der Waals surface area contributed by atoms with Gasteiger partial charge in [0, 0.05) is 31.3 Å². The van der Waals surface area contributed by atoms with Gasteiger partial charge in [0.1, 0.15) is 29.9 Å². The van der Waals surface area contributed by atoms with E-state index in [0.29, 0.717) is 31.0 Å². The number of rotatable bonds is 4. The van der Waals surface area contributed by atoms with Gasteiger partial charge in [0.25, 0.3) is 0 Å². The van der Waals surface area contributed by atoms with Gasteiger partial charge < -0.3 is 18.8 Å². The lowest BCUT2D eigenvalue weighted by Crippen LogP contribution is -2.46. The standard InChI is InChI=1S/C23H22F2N6O3/c1-14-3-4-30-19(10-16-11-29(5-6-34-16)23(32)33-2)22(28-20(30)7-14)21-17(24)8-15(9-18(21)25)31-13-26-12-27-31/h3-4,7-9,12-13,16H,5-6,10-11H2,1-2H3. The molecule has 3 aromatic heterocycles. The van der Waals surface area contributed by atoms with Crippen LogP contribution in [0, 0.1) is 18.6 Å². The van der Waals surface area contributed by atoms with Crippen molar-refractivity contribution in [1.29, 1.82) is 0 Å². The Labute approximate surface area is 193 Å². The summed E-state index contributed by atoms with van der Waals surface area (Å²) in [5, 5.41) is 3.93. The monoisotopic (exact) mass is 468 g/mol. The number of halogens is 2. The molecule has 1 aliphatic heterocycles. The van der Waals surface area contributed by atoms with Crippen molar-refractivity contribution in [2.45, 2.75) is 19.4 Å². The molecule has 0 aliphatic carbocycles. The largest absolute Gasteiger partial charge is 0.453 e. The molecular formula is C23H22F2N6O3. The van der Waals surface area contributed by atoms with E-state index in [-0.39, 0.29) is 23.4 Å². The average Bonchev–Trinajstić information content (AvgIpc) is 3.47. The van der Waals surface area contributed by atoms with Crippen molar-refractivity contribution in [3.05, 3.63) is 66.0 Å². The van der Waals surface area contributed by atoms with Crippen LogP contribution in [0.4, 0.5) is 13.6 Å². The number of nitrogens with zero attached hydrogens (tertiary/aromatic N) is 6. The number of morpholine rings is 1. The number of amides is 1. The number of hydrogen-bond acceptors (Lipinski definition) is 6. The van der Waals surface area contributed by atoms with Crippen LogP contribution in [0.15, 0.2) is 43.1 Å². The molecule has 4 aromatic rings. The highest BCUT2D eigenvalue weighted by molar-refractivity contribution is 5.70. The number of aromatic nitrogens is 5. The van der Waals surface area contributed by atoms with Crippen molar-refractivity contribution in [3.63, 3.8) is 0 Å². The van der Waals surface area contributed by atoms with Crippen molar-refractivity contribution < 1.29 is 23.0 Å². The fourth-order valence-electron chi connectivity index (χ4n) is 4.21. The van der Waals surface area contributed by atoms with Crippen LogP contribution in [0.1, 0.15) is 11.3 Å². The summed E-state index contributed by atoms with van der Waals surface area (Å²) in [6.45, 7) is 2.96. The van der Waals surface area contributed by atoms with Crippen LogP contribution in [-0.4, -0.2) is 68.1 Å². The second kappa shape index (κ2) is 8.82. The van der Waals surface area contributed by atoms with Crippen LogP contribution in [0.3, 0.4) is 0 Å². The average molecular weight is 468 g/mol. The Morgan fingerprint density at radius 2 is 2.06 bits per heavy atom. The summed E-state index contributed by atoms with van der Waals surface area (Å²) in [5.74, 6) is -1.54. The topological polar surface area (TPSA) is 86.8 Å². The van der Waals surface area contributed by atoms with E-state index in [4.69, 9.17) is 9.47 Å². The summed E-state index contributed by atoms with van der Waals surface area (Å²) in [6, 6.07) is 6.13. The van der Waals surface area contributed by atoms with Gasteiger partial charge in [0.15, 0.2) is 0 Å². The van der Waals surface area contributed by atoms with Crippen LogP contribution in [0.5, 0.6) is 0 Å². The molecule has 1 atom stereocenters. The normalized spacial score (nSPS) is 16.2. The van der Waals surface area contributed by atoms with Gasteiger partial charge in [-0.15, -0.1) is 0 Å². The number of carbonyl (C=O) groups is 1. The van der Waals surface area contributed by atoms with Gasteiger partial charge in [-0.05, 0) is 24.6 Å². The first kappa shape index (κ1) is 22.0. The third-order valence-electron chi connectivity index (χ3n) is 5.82. The fraction of sp³-hybridized carbons (Fsp3) is 0.304. The number of methoxy groups -OCH3 is 1. The molecule has 5 rings (SSSR count). The Morgan fingerprint density at radius 3 is 2.76 bits per heavy atom. The number of imidazole rings is 1. The molecule has 0 saturated carbocycles. The minimum Gasteiger partial charge on any atom is -0.453 e. The Kier molecular flexibility index (Phi) is 5.70. The number of carbonyl (C=O) groups excluding carboxylic acids is 1. The van der Waals surface area contributed by atoms with Crippen molar-refractivity contribution >= 4 is 11.7 Å². The Morgan fingerprint density at radius 1 is 1.26 bits per heavy atom. The Balaban J connectivity index is 1.58. The van der Waals surface area contributed by atoms with Crippen LogP contribution < -0.4 is 0 Å². The minimum absolute atomic E-state index is 0.185. The second-order valence-corrected chi connectivity index (χ2v) is 8.08. The van der Waals surface area contributed by atoms with Crippen LogP contribution in [-0.2, 0) is 15.9 Å². The van der Waals surface area contributed by atoms with Crippen LogP contribution in [0.25, 0.3) is 22.6 Å². The molecule has 0 N–H and O–H groups in total. The maximum atomic E-state index is 15.3. The first-order chi connectivity index (χ1) is 16.4. The number of ether oxygens (including phenoxy) is 2. The lowest BCUT2D eigenvalue weighted by molar-refractivity contribution is -0.0241. The summed E-state index contributed by atoms with van der Waals surface area (Å²) in [7, 11) is 1.33. The summed E-state index contributed by atoms with van der Waals surface area (Å²) < 4.78 is 44.4. The van der Waals surface area contributed by atoms with Gasteiger partial charge in [-0.1, -0.05) is 0 Å². The van der Waals surface area contributed by atoms with E-state index in [2.05, 4.69) is 15.1 Å². The molecule has 0 spiro atoms. The molecular weight excluding hydrogens is 446 g/mol. The van der Waals surface area contributed by atoms with Gasteiger partial charge in [0.05, 0.1) is 49.0 Å². The molecule has 1 unspecified atom stereocenters. The van der Waals surface area contributed by atoms with E-state index in [1.54, 1.807) is 9.30 Å². The molecule has 9 nitrogen and oxygen atoms in total. The fourth-order valence-corrected chi connectivity index (χ4v) is 4.21.